The van der Waals surface area contributed by atoms with Crippen LogP contribution < -0.4 is 10.1 Å². The fraction of sp³-hybridized carbons (Fsp3) is 0.458. The molecule has 0 unspecified atom stereocenters. The van der Waals surface area contributed by atoms with Crippen LogP contribution in [0.1, 0.15) is 24.0 Å². The average Bonchev–Trinajstić information content (AvgIpc) is 3.61. The quantitative estimate of drug-likeness (QED) is 0.690. The predicted octanol–water partition coefficient (Wildman–Crippen LogP) is 3.13. The van der Waals surface area contributed by atoms with Gasteiger partial charge in [0.1, 0.15) is 5.75 Å². The second-order valence-corrected chi connectivity index (χ2v) is 8.12. The van der Waals surface area contributed by atoms with Gasteiger partial charge in [-0.15, -0.1) is 0 Å². The number of hydrogen-bond acceptors (Lipinski definition) is 5. The van der Waals surface area contributed by atoms with Crippen LogP contribution in [-0.2, 0) is 22.6 Å². The summed E-state index contributed by atoms with van der Waals surface area (Å²) in [5.41, 5.74) is 3.31. The maximum Gasteiger partial charge on any atom is 0.238 e. The van der Waals surface area contributed by atoms with Crippen LogP contribution in [0.3, 0.4) is 0 Å². The van der Waals surface area contributed by atoms with E-state index >= 15 is 0 Å². The predicted molar refractivity (Wildman–Crippen MR) is 118 cm³/mol. The topological polar surface area (TPSA) is 54.0 Å². The van der Waals surface area contributed by atoms with Crippen molar-refractivity contribution in [2.75, 3.05) is 45.3 Å². The van der Waals surface area contributed by atoms with Crippen molar-refractivity contribution in [1.29, 1.82) is 0 Å². The van der Waals surface area contributed by atoms with Gasteiger partial charge in [0.2, 0.25) is 5.91 Å². The van der Waals surface area contributed by atoms with Gasteiger partial charge in [-0.2, -0.15) is 0 Å². The lowest BCUT2D eigenvalue weighted by molar-refractivity contribution is -0.117. The molecule has 1 aliphatic heterocycles. The molecule has 160 valence electrons. The summed E-state index contributed by atoms with van der Waals surface area (Å²) in [5, 5.41) is 3.06. The molecule has 0 spiro atoms. The van der Waals surface area contributed by atoms with E-state index in [2.05, 4.69) is 39.4 Å². The van der Waals surface area contributed by atoms with E-state index in [0.717, 1.165) is 50.8 Å². The van der Waals surface area contributed by atoms with Crippen LogP contribution in [-0.4, -0.2) is 61.7 Å². The van der Waals surface area contributed by atoms with E-state index in [1.54, 1.807) is 7.11 Å². The van der Waals surface area contributed by atoms with Crippen molar-refractivity contribution < 1.29 is 14.3 Å². The standard InChI is InChI=1S/C24H31N3O3/c1-29-23-10-4-20(5-11-23)17-27(22-8-9-22)18-24(28)25-21-6-2-19(3-7-21)16-26-12-14-30-15-13-26/h2-7,10-11,22H,8-9,12-18H2,1H3,(H,25,28). The minimum atomic E-state index is 0.0383. The SMILES string of the molecule is COc1ccc(CN(CC(=O)Nc2ccc(CN3CCOCC3)cc2)C2CC2)cc1. The smallest absolute Gasteiger partial charge is 0.238 e. The summed E-state index contributed by atoms with van der Waals surface area (Å²) in [4.78, 5) is 17.3. The molecule has 2 aromatic carbocycles. The number of carbonyl (C=O) groups excluding carboxylic acids is 1. The number of benzene rings is 2. The Morgan fingerprint density at radius 2 is 1.73 bits per heavy atom. The second-order valence-electron chi connectivity index (χ2n) is 8.12. The number of rotatable bonds is 9. The van der Waals surface area contributed by atoms with Crippen molar-refractivity contribution >= 4 is 11.6 Å². The molecule has 1 saturated heterocycles. The fourth-order valence-corrected chi connectivity index (χ4v) is 3.82. The van der Waals surface area contributed by atoms with Gasteiger partial charge in [0.05, 0.1) is 26.9 Å². The molecule has 1 amide bonds. The Kier molecular flexibility index (Phi) is 7.00. The molecule has 0 atom stereocenters. The number of amides is 1. The van der Waals surface area contributed by atoms with E-state index in [-0.39, 0.29) is 5.91 Å². The Morgan fingerprint density at radius 1 is 1.07 bits per heavy atom. The molecule has 2 aromatic rings. The first kappa shape index (κ1) is 20.8. The molecule has 0 radical (unpaired) electrons. The molecule has 1 saturated carbocycles. The summed E-state index contributed by atoms with van der Waals surface area (Å²) in [7, 11) is 1.67. The van der Waals surface area contributed by atoms with Gasteiger partial charge in [-0.1, -0.05) is 24.3 Å². The van der Waals surface area contributed by atoms with Crippen LogP contribution in [0.5, 0.6) is 5.75 Å². The van der Waals surface area contributed by atoms with E-state index in [0.29, 0.717) is 12.6 Å². The third-order valence-corrected chi connectivity index (χ3v) is 5.70. The zero-order valence-electron chi connectivity index (χ0n) is 17.7. The van der Waals surface area contributed by atoms with E-state index in [1.807, 2.05) is 24.3 Å². The highest BCUT2D eigenvalue weighted by Crippen LogP contribution is 2.28. The molecular formula is C24H31N3O3. The first-order valence-electron chi connectivity index (χ1n) is 10.8. The highest BCUT2D eigenvalue weighted by atomic mass is 16.5. The fourth-order valence-electron chi connectivity index (χ4n) is 3.82. The highest BCUT2D eigenvalue weighted by Gasteiger charge is 2.30. The summed E-state index contributed by atoms with van der Waals surface area (Å²) in [5.74, 6) is 0.892. The normalized spacial score (nSPS) is 17.1. The number of morpholine rings is 1. The monoisotopic (exact) mass is 409 g/mol. The molecule has 1 heterocycles. The molecule has 30 heavy (non-hydrogen) atoms. The molecule has 2 fully saturated rings. The maximum absolute atomic E-state index is 12.7. The zero-order valence-corrected chi connectivity index (χ0v) is 17.7. The van der Waals surface area contributed by atoms with Gasteiger partial charge < -0.3 is 14.8 Å². The summed E-state index contributed by atoms with van der Waals surface area (Å²) >= 11 is 0. The molecule has 0 aromatic heterocycles. The minimum Gasteiger partial charge on any atom is -0.497 e. The first-order chi connectivity index (χ1) is 14.7. The Balaban J connectivity index is 1.28. The molecule has 4 rings (SSSR count). The number of anilines is 1. The molecule has 0 bridgehead atoms. The van der Waals surface area contributed by atoms with Gasteiger partial charge >= 0.3 is 0 Å². The average molecular weight is 410 g/mol. The number of ether oxygens (including phenoxy) is 2. The molecule has 1 N–H and O–H groups in total. The van der Waals surface area contributed by atoms with E-state index in [1.165, 1.54) is 24.0 Å². The Labute approximate surface area is 178 Å². The van der Waals surface area contributed by atoms with Crippen LogP contribution in [0.2, 0.25) is 0 Å². The van der Waals surface area contributed by atoms with Crippen molar-refractivity contribution in [2.45, 2.75) is 32.0 Å². The molecule has 2 aliphatic rings. The van der Waals surface area contributed by atoms with Crippen LogP contribution in [0, 0.1) is 0 Å². The number of nitrogens with zero attached hydrogens (tertiary/aromatic N) is 2. The van der Waals surface area contributed by atoms with Gasteiger partial charge in [0.15, 0.2) is 0 Å². The lowest BCUT2D eigenvalue weighted by atomic mass is 10.2. The van der Waals surface area contributed by atoms with Crippen LogP contribution in [0.4, 0.5) is 5.69 Å². The summed E-state index contributed by atoms with van der Waals surface area (Å²) in [6.45, 7) is 5.68. The summed E-state index contributed by atoms with van der Waals surface area (Å²) in [6.07, 6.45) is 2.33. The van der Waals surface area contributed by atoms with E-state index in [4.69, 9.17) is 9.47 Å². The van der Waals surface area contributed by atoms with Crippen molar-refractivity contribution in [3.05, 3.63) is 59.7 Å². The van der Waals surface area contributed by atoms with Gasteiger partial charge in [-0.25, -0.2) is 0 Å². The number of carbonyl (C=O) groups is 1. The van der Waals surface area contributed by atoms with Crippen molar-refractivity contribution in [2.24, 2.45) is 0 Å². The largest absolute Gasteiger partial charge is 0.497 e. The third kappa shape index (κ3) is 6.05. The number of nitrogens with one attached hydrogen (secondary N) is 1. The highest BCUT2D eigenvalue weighted by molar-refractivity contribution is 5.92. The first-order valence-corrected chi connectivity index (χ1v) is 10.8. The van der Waals surface area contributed by atoms with E-state index in [9.17, 15) is 4.79 Å². The Hall–Kier alpha value is -2.41. The Morgan fingerprint density at radius 3 is 2.37 bits per heavy atom. The van der Waals surface area contributed by atoms with Crippen molar-refractivity contribution in [3.63, 3.8) is 0 Å². The summed E-state index contributed by atoms with van der Waals surface area (Å²) in [6, 6.07) is 16.8. The zero-order chi connectivity index (χ0) is 20.8. The third-order valence-electron chi connectivity index (χ3n) is 5.70. The van der Waals surface area contributed by atoms with E-state index < -0.39 is 0 Å². The number of hydrogen-bond donors (Lipinski definition) is 1. The second kappa shape index (κ2) is 10.1. The van der Waals surface area contributed by atoms with Gasteiger partial charge in [-0.3, -0.25) is 14.6 Å². The maximum atomic E-state index is 12.7. The lowest BCUT2D eigenvalue weighted by Gasteiger charge is -2.26. The van der Waals surface area contributed by atoms with Gasteiger partial charge in [0, 0.05) is 37.9 Å². The molecule has 6 heteroatoms. The van der Waals surface area contributed by atoms with Crippen LogP contribution >= 0.6 is 0 Å². The van der Waals surface area contributed by atoms with Crippen LogP contribution in [0.25, 0.3) is 0 Å². The minimum absolute atomic E-state index is 0.0383. The van der Waals surface area contributed by atoms with Gasteiger partial charge in [-0.05, 0) is 48.2 Å². The van der Waals surface area contributed by atoms with Crippen molar-refractivity contribution in [3.8, 4) is 5.75 Å². The van der Waals surface area contributed by atoms with Crippen LogP contribution in [0.15, 0.2) is 48.5 Å². The van der Waals surface area contributed by atoms with Crippen molar-refractivity contribution in [1.82, 2.24) is 9.80 Å². The summed E-state index contributed by atoms with van der Waals surface area (Å²) < 4.78 is 10.6. The molecule has 6 nitrogen and oxygen atoms in total. The molecule has 1 aliphatic carbocycles. The number of methoxy groups -OCH3 is 1. The lowest BCUT2D eigenvalue weighted by Crippen LogP contribution is -2.35. The Bertz CT molecular complexity index is 813. The molecular weight excluding hydrogens is 378 g/mol. The van der Waals surface area contributed by atoms with Gasteiger partial charge in [0.25, 0.3) is 0 Å².